The van der Waals surface area contributed by atoms with Gasteiger partial charge in [-0.05, 0) is 17.2 Å². The first-order valence-corrected chi connectivity index (χ1v) is 9.24. The molecule has 2 N–H and O–H groups in total. The number of carbonyl (C=O) groups excluding carboxylic acids is 1. The maximum atomic E-state index is 13.8. The highest BCUT2D eigenvalue weighted by atomic mass is 19.4. The summed E-state index contributed by atoms with van der Waals surface area (Å²) in [7, 11) is 0. The van der Waals surface area contributed by atoms with Crippen molar-refractivity contribution in [2.75, 3.05) is 6.54 Å². The second-order valence-corrected chi connectivity index (χ2v) is 7.05. The third kappa shape index (κ3) is 3.63. The Morgan fingerprint density at radius 2 is 1.68 bits per heavy atom. The van der Waals surface area contributed by atoms with Crippen LogP contribution in [0.25, 0.3) is 0 Å². The summed E-state index contributed by atoms with van der Waals surface area (Å²) < 4.78 is 41.3. The van der Waals surface area contributed by atoms with Crippen LogP contribution in [0.2, 0.25) is 0 Å². The van der Waals surface area contributed by atoms with Crippen molar-refractivity contribution >= 4 is 17.8 Å². The van der Waals surface area contributed by atoms with Crippen molar-refractivity contribution in [2.24, 2.45) is 11.8 Å². The van der Waals surface area contributed by atoms with Crippen LogP contribution in [-0.2, 0) is 20.6 Å². The minimum Gasteiger partial charge on any atom is -0.481 e. The molecular weight excluding hydrogens is 417 g/mol. The standard InChI is InChI=1S/C21H19F3N2O5/c1-3-11(19(28)29)16-17(13-7-5-6-8-14(13)21(22,23)24)25-10-9-15(27)26(25)18(16)12(4-2)20(30)31/h3-8,11-12,17H,1-2,9-10H2,(H,28,29)(H,30,31)/t11?,12?,17-/m0/s1. The van der Waals surface area contributed by atoms with E-state index in [1.54, 1.807) is 0 Å². The third-order valence-corrected chi connectivity index (χ3v) is 5.36. The molecule has 1 saturated heterocycles. The second kappa shape index (κ2) is 8.03. The maximum absolute atomic E-state index is 13.8. The lowest BCUT2D eigenvalue weighted by molar-refractivity contribution is -0.142. The fraction of sp³-hybridized carbons (Fsp3) is 0.286. The van der Waals surface area contributed by atoms with Crippen LogP contribution in [0.5, 0.6) is 0 Å². The predicted octanol–water partition coefficient (Wildman–Crippen LogP) is 3.24. The Kier molecular flexibility index (Phi) is 5.77. The molecule has 3 rings (SSSR count). The minimum atomic E-state index is -4.75. The van der Waals surface area contributed by atoms with E-state index in [1.165, 1.54) is 23.2 Å². The van der Waals surface area contributed by atoms with E-state index >= 15 is 0 Å². The van der Waals surface area contributed by atoms with Gasteiger partial charge in [0.15, 0.2) is 0 Å². The Bertz CT molecular complexity index is 1000. The molecule has 0 radical (unpaired) electrons. The highest BCUT2D eigenvalue weighted by molar-refractivity contribution is 5.86. The summed E-state index contributed by atoms with van der Waals surface area (Å²) in [5, 5.41) is 21.7. The number of benzene rings is 1. The molecule has 2 unspecified atom stereocenters. The number of carbonyl (C=O) groups is 3. The molecule has 0 aromatic heterocycles. The number of fused-ring (bicyclic) bond motifs is 1. The summed E-state index contributed by atoms with van der Waals surface area (Å²) in [5.41, 5.74) is -1.64. The predicted molar refractivity (Wildman–Crippen MR) is 102 cm³/mol. The largest absolute Gasteiger partial charge is 0.481 e. The second-order valence-electron chi connectivity index (χ2n) is 7.05. The van der Waals surface area contributed by atoms with Gasteiger partial charge in [0, 0.05) is 13.0 Å². The summed E-state index contributed by atoms with van der Waals surface area (Å²) in [6, 6.07) is 3.31. The first kappa shape index (κ1) is 22.3. The molecule has 164 valence electrons. The van der Waals surface area contributed by atoms with E-state index < -0.39 is 47.5 Å². The first-order chi connectivity index (χ1) is 14.5. The molecular formula is C21H19F3N2O5. The van der Waals surface area contributed by atoms with Gasteiger partial charge in [-0.2, -0.15) is 13.2 Å². The van der Waals surface area contributed by atoms with Gasteiger partial charge in [-0.3, -0.25) is 14.4 Å². The summed E-state index contributed by atoms with van der Waals surface area (Å²) in [6.45, 7) is 6.93. The average molecular weight is 436 g/mol. The normalized spacial score (nSPS) is 21.1. The zero-order chi connectivity index (χ0) is 23.1. The monoisotopic (exact) mass is 436 g/mol. The van der Waals surface area contributed by atoms with Gasteiger partial charge >= 0.3 is 18.1 Å². The van der Waals surface area contributed by atoms with E-state index in [-0.39, 0.29) is 29.8 Å². The molecule has 7 nitrogen and oxygen atoms in total. The van der Waals surface area contributed by atoms with Gasteiger partial charge in [-0.1, -0.05) is 30.4 Å². The van der Waals surface area contributed by atoms with Crippen molar-refractivity contribution in [3.63, 3.8) is 0 Å². The van der Waals surface area contributed by atoms with Crippen molar-refractivity contribution in [1.29, 1.82) is 0 Å². The third-order valence-electron chi connectivity index (χ3n) is 5.36. The van der Waals surface area contributed by atoms with Gasteiger partial charge in [-0.15, -0.1) is 13.2 Å². The Labute approximate surface area is 175 Å². The molecule has 2 heterocycles. The van der Waals surface area contributed by atoms with Gasteiger partial charge in [0.2, 0.25) is 5.91 Å². The van der Waals surface area contributed by atoms with Crippen LogP contribution in [0.3, 0.4) is 0 Å². The maximum Gasteiger partial charge on any atom is 0.416 e. The van der Waals surface area contributed by atoms with Crippen LogP contribution in [0.15, 0.2) is 60.8 Å². The number of hydrogen-bond donors (Lipinski definition) is 2. The number of hydrogen-bond acceptors (Lipinski definition) is 4. The number of nitrogens with zero attached hydrogens (tertiary/aromatic N) is 2. The van der Waals surface area contributed by atoms with Gasteiger partial charge < -0.3 is 10.2 Å². The SMILES string of the molecule is C=CC(C(=O)O)C1=C(C(C=C)C(=O)O)N2C(=O)CCN2[C@H]1c1ccccc1C(F)(F)F. The summed E-state index contributed by atoms with van der Waals surface area (Å²) in [6.07, 6.45) is -2.79. The summed E-state index contributed by atoms with van der Waals surface area (Å²) >= 11 is 0. The molecule has 1 amide bonds. The van der Waals surface area contributed by atoms with Gasteiger partial charge in [0.05, 0.1) is 23.2 Å². The lowest BCUT2D eigenvalue weighted by Crippen LogP contribution is -2.38. The van der Waals surface area contributed by atoms with Crippen molar-refractivity contribution in [2.45, 2.75) is 18.6 Å². The molecule has 0 aliphatic carbocycles. The van der Waals surface area contributed by atoms with Crippen LogP contribution in [0.1, 0.15) is 23.6 Å². The molecule has 3 atom stereocenters. The minimum absolute atomic E-state index is 0.00431. The fourth-order valence-electron chi connectivity index (χ4n) is 4.15. The average Bonchev–Trinajstić information content (AvgIpc) is 3.20. The smallest absolute Gasteiger partial charge is 0.416 e. The molecule has 2 aliphatic heterocycles. The van der Waals surface area contributed by atoms with E-state index in [2.05, 4.69) is 13.2 Å². The lowest BCUT2D eigenvalue weighted by atomic mass is 9.83. The Morgan fingerprint density at radius 1 is 1.10 bits per heavy atom. The quantitative estimate of drug-likeness (QED) is 0.637. The number of carboxylic acid groups (broad SMARTS) is 2. The molecule has 1 fully saturated rings. The van der Waals surface area contributed by atoms with Crippen molar-refractivity contribution in [1.82, 2.24) is 10.0 Å². The number of rotatable bonds is 7. The number of halogens is 3. The summed E-state index contributed by atoms with van der Waals surface area (Å²) in [5.74, 6) is -6.42. The van der Waals surface area contributed by atoms with E-state index in [9.17, 15) is 37.8 Å². The molecule has 0 spiro atoms. The summed E-state index contributed by atoms with van der Waals surface area (Å²) in [4.78, 5) is 36.5. The number of amides is 1. The van der Waals surface area contributed by atoms with E-state index in [0.29, 0.717) is 0 Å². The van der Waals surface area contributed by atoms with Gasteiger partial charge in [0.1, 0.15) is 5.92 Å². The van der Waals surface area contributed by atoms with Crippen LogP contribution < -0.4 is 0 Å². The van der Waals surface area contributed by atoms with E-state index in [0.717, 1.165) is 23.2 Å². The first-order valence-electron chi connectivity index (χ1n) is 9.24. The van der Waals surface area contributed by atoms with Gasteiger partial charge in [-0.25, -0.2) is 10.0 Å². The topological polar surface area (TPSA) is 98.1 Å². The van der Waals surface area contributed by atoms with Crippen LogP contribution >= 0.6 is 0 Å². The number of hydrazine groups is 1. The molecule has 0 saturated carbocycles. The Morgan fingerprint density at radius 3 is 2.19 bits per heavy atom. The fourth-order valence-corrected chi connectivity index (χ4v) is 4.15. The van der Waals surface area contributed by atoms with E-state index in [4.69, 9.17) is 0 Å². The number of carboxylic acids is 2. The molecule has 1 aromatic carbocycles. The van der Waals surface area contributed by atoms with E-state index in [1.807, 2.05) is 0 Å². The zero-order valence-corrected chi connectivity index (χ0v) is 16.2. The highest BCUT2D eigenvalue weighted by Gasteiger charge is 2.53. The number of alkyl halides is 3. The van der Waals surface area contributed by atoms with Crippen molar-refractivity contribution in [3.8, 4) is 0 Å². The lowest BCUT2D eigenvalue weighted by Gasteiger charge is -2.30. The van der Waals surface area contributed by atoms with Crippen molar-refractivity contribution in [3.05, 3.63) is 72.0 Å². The molecule has 10 heteroatoms. The molecule has 31 heavy (non-hydrogen) atoms. The molecule has 0 bridgehead atoms. The Hall–Kier alpha value is -3.40. The molecule has 1 aromatic rings. The van der Waals surface area contributed by atoms with Crippen LogP contribution in [-0.4, -0.2) is 44.6 Å². The van der Waals surface area contributed by atoms with Crippen LogP contribution in [0.4, 0.5) is 13.2 Å². The Balaban J connectivity index is 2.39. The highest BCUT2D eigenvalue weighted by Crippen LogP contribution is 2.51. The van der Waals surface area contributed by atoms with Gasteiger partial charge in [0.25, 0.3) is 0 Å². The molecule has 2 aliphatic rings. The van der Waals surface area contributed by atoms with Crippen molar-refractivity contribution < 1.29 is 37.8 Å². The zero-order valence-electron chi connectivity index (χ0n) is 16.2. The van der Waals surface area contributed by atoms with Crippen LogP contribution in [0, 0.1) is 11.8 Å². The number of aliphatic carboxylic acids is 2.